The van der Waals surface area contributed by atoms with E-state index < -0.39 is 0 Å². The second-order valence-corrected chi connectivity index (χ2v) is 4.43. The lowest BCUT2D eigenvalue weighted by Crippen LogP contribution is -2.00. The van der Waals surface area contributed by atoms with Crippen LogP contribution in [-0.4, -0.2) is 7.11 Å². The molecule has 0 N–H and O–H groups in total. The monoisotopic (exact) mass is 248 g/mol. The summed E-state index contributed by atoms with van der Waals surface area (Å²) in [6.07, 6.45) is 0. The summed E-state index contributed by atoms with van der Waals surface area (Å²) >= 11 is 1.61. The van der Waals surface area contributed by atoms with Gasteiger partial charge in [0, 0.05) is 11.0 Å². The summed E-state index contributed by atoms with van der Waals surface area (Å²) in [6, 6.07) is 13.0. The Morgan fingerprint density at radius 2 is 2.00 bits per heavy atom. The molecule has 3 nitrogen and oxygen atoms in total. The third kappa shape index (κ3) is 3.39. The number of hydrogen-bond donors (Lipinski definition) is 0. The highest BCUT2D eigenvalue weighted by atomic mass is 32.2. The third-order valence-corrected chi connectivity index (χ3v) is 3.19. The Kier molecular flexibility index (Phi) is 3.88. The van der Waals surface area contributed by atoms with Crippen molar-refractivity contribution in [3.63, 3.8) is 0 Å². The Hall–Kier alpha value is -1.68. The Bertz CT molecular complexity index is 534. The van der Waals surface area contributed by atoms with Crippen LogP contribution in [0.1, 0.15) is 5.76 Å². The predicted octanol–water partition coefficient (Wildman–Crippen LogP) is 2.94. The maximum absolute atomic E-state index is 11.2. The SMILES string of the molecule is COc1cc(CSc2ccccc2)oc(=O)c1. The molecule has 0 spiro atoms. The van der Waals surface area contributed by atoms with Crippen molar-refractivity contribution in [3.05, 3.63) is 58.6 Å². The molecule has 1 aromatic carbocycles. The van der Waals surface area contributed by atoms with Gasteiger partial charge in [0.2, 0.25) is 0 Å². The van der Waals surface area contributed by atoms with Gasteiger partial charge in [-0.05, 0) is 12.1 Å². The first kappa shape index (κ1) is 11.8. The molecule has 0 aliphatic carbocycles. The quantitative estimate of drug-likeness (QED) is 0.780. The Labute approximate surface area is 103 Å². The summed E-state index contributed by atoms with van der Waals surface area (Å²) in [4.78, 5) is 12.4. The van der Waals surface area contributed by atoms with Crippen LogP contribution in [0, 0.1) is 0 Å². The fourth-order valence-electron chi connectivity index (χ4n) is 1.36. The lowest BCUT2D eigenvalue weighted by molar-refractivity contribution is 0.396. The molecule has 0 saturated carbocycles. The van der Waals surface area contributed by atoms with E-state index in [1.807, 2.05) is 30.3 Å². The molecule has 1 heterocycles. The van der Waals surface area contributed by atoms with Gasteiger partial charge in [0.25, 0.3) is 0 Å². The summed E-state index contributed by atoms with van der Waals surface area (Å²) in [5.74, 6) is 1.75. The minimum atomic E-state index is -0.381. The zero-order valence-corrected chi connectivity index (χ0v) is 10.2. The summed E-state index contributed by atoms with van der Waals surface area (Å²) in [5, 5.41) is 0. The largest absolute Gasteiger partial charge is 0.496 e. The van der Waals surface area contributed by atoms with Gasteiger partial charge < -0.3 is 9.15 Å². The van der Waals surface area contributed by atoms with Gasteiger partial charge >= 0.3 is 5.63 Å². The van der Waals surface area contributed by atoms with Crippen molar-refractivity contribution >= 4 is 11.8 Å². The molecule has 2 aromatic rings. The van der Waals surface area contributed by atoms with Crippen LogP contribution in [0.25, 0.3) is 0 Å². The number of benzene rings is 1. The van der Waals surface area contributed by atoms with Crippen LogP contribution in [-0.2, 0) is 5.75 Å². The molecular weight excluding hydrogens is 236 g/mol. The van der Waals surface area contributed by atoms with Crippen LogP contribution in [0.4, 0.5) is 0 Å². The second-order valence-electron chi connectivity index (χ2n) is 3.38. The van der Waals surface area contributed by atoms with Crippen molar-refractivity contribution in [1.82, 2.24) is 0 Å². The van der Waals surface area contributed by atoms with Crippen LogP contribution in [0.2, 0.25) is 0 Å². The van der Waals surface area contributed by atoms with Gasteiger partial charge in [0.05, 0.1) is 18.9 Å². The lowest BCUT2D eigenvalue weighted by Gasteiger charge is -2.03. The van der Waals surface area contributed by atoms with Crippen molar-refractivity contribution in [3.8, 4) is 5.75 Å². The Morgan fingerprint density at radius 1 is 1.24 bits per heavy atom. The molecule has 17 heavy (non-hydrogen) atoms. The summed E-state index contributed by atoms with van der Waals surface area (Å²) in [6.45, 7) is 0. The summed E-state index contributed by atoms with van der Waals surface area (Å²) < 4.78 is 10.1. The molecule has 0 aliphatic rings. The van der Waals surface area contributed by atoms with Crippen LogP contribution >= 0.6 is 11.8 Å². The van der Waals surface area contributed by atoms with E-state index in [1.165, 1.54) is 13.2 Å². The summed E-state index contributed by atoms with van der Waals surface area (Å²) in [7, 11) is 1.53. The number of hydrogen-bond acceptors (Lipinski definition) is 4. The molecule has 0 aliphatic heterocycles. The molecule has 0 amide bonds. The van der Waals surface area contributed by atoms with E-state index in [-0.39, 0.29) is 5.63 Å². The first-order valence-corrected chi connectivity index (χ1v) is 6.12. The normalized spacial score (nSPS) is 10.2. The van der Waals surface area contributed by atoms with Gasteiger partial charge in [0.1, 0.15) is 11.5 Å². The molecular formula is C13H12O3S. The average molecular weight is 248 g/mol. The number of methoxy groups -OCH3 is 1. The molecule has 0 bridgehead atoms. The highest BCUT2D eigenvalue weighted by Crippen LogP contribution is 2.23. The fraction of sp³-hybridized carbons (Fsp3) is 0.154. The van der Waals surface area contributed by atoms with Crippen LogP contribution < -0.4 is 10.4 Å². The molecule has 4 heteroatoms. The van der Waals surface area contributed by atoms with Gasteiger partial charge in [-0.1, -0.05) is 18.2 Å². The maximum atomic E-state index is 11.2. The molecule has 88 valence electrons. The average Bonchev–Trinajstić information content (AvgIpc) is 2.37. The van der Waals surface area contributed by atoms with Gasteiger partial charge in [-0.15, -0.1) is 11.8 Å². The van der Waals surface area contributed by atoms with Crippen LogP contribution in [0.3, 0.4) is 0 Å². The smallest absolute Gasteiger partial charge is 0.339 e. The number of thioether (sulfide) groups is 1. The first-order valence-electron chi connectivity index (χ1n) is 5.14. The fourth-order valence-corrected chi connectivity index (χ4v) is 2.17. The Balaban J connectivity index is 2.09. The molecule has 0 atom stereocenters. The number of ether oxygens (including phenoxy) is 1. The molecule has 0 fully saturated rings. The Morgan fingerprint density at radius 3 is 2.71 bits per heavy atom. The van der Waals surface area contributed by atoms with E-state index in [0.717, 1.165) is 4.90 Å². The molecule has 0 saturated heterocycles. The zero-order valence-electron chi connectivity index (χ0n) is 9.38. The molecule has 1 aromatic heterocycles. The minimum Gasteiger partial charge on any atom is -0.496 e. The highest BCUT2D eigenvalue weighted by Gasteiger charge is 2.02. The predicted molar refractivity (Wildman–Crippen MR) is 67.5 cm³/mol. The maximum Gasteiger partial charge on any atom is 0.339 e. The van der Waals surface area contributed by atoms with Crippen LogP contribution in [0.5, 0.6) is 5.75 Å². The number of rotatable bonds is 4. The second kappa shape index (κ2) is 5.59. The zero-order chi connectivity index (χ0) is 12.1. The molecule has 0 unspecified atom stereocenters. The standard InChI is InChI=1S/C13H12O3S/c1-15-10-7-11(16-13(14)8-10)9-17-12-5-3-2-4-6-12/h2-8H,9H2,1H3. The van der Waals surface area contributed by atoms with Crippen molar-refractivity contribution in [2.45, 2.75) is 10.6 Å². The van der Waals surface area contributed by atoms with E-state index in [4.69, 9.17) is 9.15 Å². The van der Waals surface area contributed by atoms with Crippen molar-refractivity contribution in [2.24, 2.45) is 0 Å². The van der Waals surface area contributed by atoms with E-state index in [1.54, 1.807) is 17.8 Å². The van der Waals surface area contributed by atoms with Crippen LogP contribution in [0.15, 0.2) is 56.6 Å². The van der Waals surface area contributed by atoms with E-state index in [9.17, 15) is 4.79 Å². The highest BCUT2D eigenvalue weighted by molar-refractivity contribution is 7.98. The van der Waals surface area contributed by atoms with Crippen molar-refractivity contribution < 1.29 is 9.15 Å². The summed E-state index contributed by atoms with van der Waals surface area (Å²) in [5.41, 5.74) is -0.381. The topological polar surface area (TPSA) is 39.4 Å². The van der Waals surface area contributed by atoms with Crippen molar-refractivity contribution in [1.29, 1.82) is 0 Å². The first-order chi connectivity index (χ1) is 8.28. The minimum absolute atomic E-state index is 0.381. The molecule has 2 rings (SSSR count). The van der Waals surface area contributed by atoms with E-state index in [2.05, 4.69) is 0 Å². The third-order valence-electron chi connectivity index (χ3n) is 2.16. The lowest BCUT2D eigenvalue weighted by atomic mass is 10.4. The van der Waals surface area contributed by atoms with Gasteiger partial charge in [-0.25, -0.2) is 4.79 Å². The molecule has 0 radical (unpaired) electrons. The van der Waals surface area contributed by atoms with Gasteiger partial charge in [-0.2, -0.15) is 0 Å². The van der Waals surface area contributed by atoms with Gasteiger partial charge in [0.15, 0.2) is 0 Å². The van der Waals surface area contributed by atoms with E-state index in [0.29, 0.717) is 17.3 Å². The van der Waals surface area contributed by atoms with Crippen molar-refractivity contribution in [2.75, 3.05) is 7.11 Å². The van der Waals surface area contributed by atoms with E-state index >= 15 is 0 Å². The van der Waals surface area contributed by atoms with Gasteiger partial charge in [-0.3, -0.25) is 0 Å².